The Morgan fingerprint density at radius 1 is 1.10 bits per heavy atom. The van der Waals surface area contributed by atoms with Crippen molar-refractivity contribution in [3.8, 4) is 0 Å². The minimum atomic E-state index is 0.000995. The van der Waals surface area contributed by atoms with E-state index in [9.17, 15) is 9.59 Å². The topological polar surface area (TPSA) is 49.4 Å². The van der Waals surface area contributed by atoms with Crippen molar-refractivity contribution >= 4 is 23.3 Å². The van der Waals surface area contributed by atoms with E-state index >= 15 is 0 Å². The van der Waals surface area contributed by atoms with E-state index in [1.807, 2.05) is 4.90 Å². The van der Waals surface area contributed by atoms with Crippen molar-refractivity contribution in [1.29, 1.82) is 0 Å². The van der Waals surface area contributed by atoms with Crippen LogP contribution in [0.25, 0.3) is 0 Å². The summed E-state index contributed by atoms with van der Waals surface area (Å²) in [5, 5.41) is 3.97. The predicted molar refractivity (Wildman–Crippen MR) is 81.4 cm³/mol. The molecule has 4 nitrogen and oxygen atoms in total. The monoisotopic (exact) mass is 306 g/mol. The Labute approximate surface area is 129 Å². The number of Topliss-reactive ketones (excluding diaryl/α,β-unsaturated/α-hetero) is 1. The van der Waals surface area contributed by atoms with Crippen molar-refractivity contribution in [1.82, 2.24) is 10.2 Å². The molecule has 2 aliphatic rings. The maximum absolute atomic E-state index is 12.2. The number of benzene rings is 1. The van der Waals surface area contributed by atoms with Crippen LogP contribution in [-0.2, 0) is 4.79 Å². The molecule has 3 rings (SSSR count). The maximum Gasteiger partial charge on any atom is 0.223 e. The van der Waals surface area contributed by atoms with Gasteiger partial charge >= 0.3 is 0 Å². The number of hydrogen-bond acceptors (Lipinski definition) is 3. The fourth-order valence-corrected chi connectivity index (χ4v) is 3.34. The molecule has 0 bridgehead atoms. The second-order valence-electron chi connectivity index (χ2n) is 5.91. The number of likely N-dealkylation sites (tertiary alicyclic amines) is 1. The maximum atomic E-state index is 12.2. The van der Waals surface area contributed by atoms with Gasteiger partial charge in [0.05, 0.1) is 0 Å². The van der Waals surface area contributed by atoms with Crippen molar-refractivity contribution in [2.24, 2.45) is 11.8 Å². The average molecular weight is 307 g/mol. The Morgan fingerprint density at radius 3 is 2.33 bits per heavy atom. The van der Waals surface area contributed by atoms with Crippen LogP contribution in [0.5, 0.6) is 0 Å². The first-order chi connectivity index (χ1) is 10.1. The Bertz CT molecular complexity index is 532. The van der Waals surface area contributed by atoms with Crippen LogP contribution in [0.1, 0.15) is 23.2 Å². The van der Waals surface area contributed by atoms with Gasteiger partial charge in [0, 0.05) is 49.6 Å². The van der Waals surface area contributed by atoms with Gasteiger partial charge in [0.15, 0.2) is 5.78 Å². The zero-order valence-corrected chi connectivity index (χ0v) is 12.6. The lowest BCUT2D eigenvalue weighted by molar-refractivity contribution is -0.130. The van der Waals surface area contributed by atoms with Gasteiger partial charge < -0.3 is 10.2 Å². The third kappa shape index (κ3) is 3.27. The number of nitrogens with one attached hydrogen (secondary N) is 1. The van der Waals surface area contributed by atoms with Crippen LogP contribution < -0.4 is 5.32 Å². The average Bonchev–Trinajstić information content (AvgIpc) is 3.06. The van der Waals surface area contributed by atoms with Gasteiger partial charge in [-0.2, -0.15) is 0 Å². The third-order valence-electron chi connectivity index (χ3n) is 4.47. The number of halogens is 1. The summed E-state index contributed by atoms with van der Waals surface area (Å²) in [5.74, 6) is 1.30. The highest BCUT2D eigenvalue weighted by molar-refractivity contribution is 6.30. The molecule has 1 amide bonds. The second kappa shape index (κ2) is 6.16. The first kappa shape index (κ1) is 14.5. The van der Waals surface area contributed by atoms with Crippen LogP contribution in [0.4, 0.5) is 0 Å². The van der Waals surface area contributed by atoms with Gasteiger partial charge in [0.1, 0.15) is 0 Å². The summed E-state index contributed by atoms with van der Waals surface area (Å²) >= 11 is 5.80. The molecular formula is C16H19ClN2O2. The fourth-order valence-electron chi connectivity index (χ4n) is 3.22. The van der Waals surface area contributed by atoms with Gasteiger partial charge in [0.25, 0.3) is 0 Å². The summed E-state index contributed by atoms with van der Waals surface area (Å²) in [6.45, 7) is 3.70. The van der Waals surface area contributed by atoms with Gasteiger partial charge in [0.2, 0.25) is 5.91 Å². The van der Waals surface area contributed by atoms with Crippen molar-refractivity contribution in [3.05, 3.63) is 34.9 Å². The zero-order chi connectivity index (χ0) is 14.8. The first-order valence-corrected chi connectivity index (χ1v) is 7.78. The van der Waals surface area contributed by atoms with E-state index in [2.05, 4.69) is 5.32 Å². The number of rotatable bonds is 4. The van der Waals surface area contributed by atoms with Gasteiger partial charge in [-0.25, -0.2) is 0 Å². The molecule has 1 aromatic rings. The van der Waals surface area contributed by atoms with E-state index in [0.29, 0.717) is 28.8 Å². The Kier molecular flexibility index (Phi) is 4.27. The molecule has 1 aromatic carbocycles. The van der Waals surface area contributed by atoms with E-state index in [-0.39, 0.29) is 18.1 Å². The fraction of sp³-hybridized carbons (Fsp3) is 0.500. The lowest BCUT2D eigenvalue weighted by atomic mass is 10.0. The molecule has 21 heavy (non-hydrogen) atoms. The predicted octanol–water partition coefficient (Wildman–Crippen LogP) is 1.98. The van der Waals surface area contributed by atoms with Crippen LogP contribution in [-0.4, -0.2) is 42.8 Å². The molecule has 2 saturated heterocycles. The number of ketones is 1. The summed E-state index contributed by atoms with van der Waals surface area (Å²) < 4.78 is 0. The molecule has 2 fully saturated rings. The molecule has 0 radical (unpaired) electrons. The van der Waals surface area contributed by atoms with E-state index < -0.39 is 0 Å². The molecule has 0 aliphatic carbocycles. The number of amides is 1. The lowest BCUT2D eigenvalue weighted by Crippen LogP contribution is -2.32. The molecule has 112 valence electrons. The number of fused-ring (bicyclic) bond motifs is 1. The van der Waals surface area contributed by atoms with E-state index in [1.165, 1.54) is 0 Å². The number of carbonyl (C=O) groups excluding carboxylic acids is 2. The van der Waals surface area contributed by atoms with Crippen molar-refractivity contribution in [3.63, 3.8) is 0 Å². The highest BCUT2D eigenvalue weighted by Gasteiger charge is 2.37. The Morgan fingerprint density at radius 2 is 1.71 bits per heavy atom. The van der Waals surface area contributed by atoms with Crippen molar-refractivity contribution in [2.45, 2.75) is 12.8 Å². The molecule has 0 aromatic heterocycles. The molecule has 0 saturated carbocycles. The quantitative estimate of drug-likeness (QED) is 0.865. The minimum absolute atomic E-state index is 0.000995. The second-order valence-corrected chi connectivity index (χ2v) is 6.34. The van der Waals surface area contributed by atoms with Crippen LogP contribution >= 0.6 is 11.6 Å². The van der Waals surface area contributed by atoms with Gasteiger partial charge in [-0.3, -0.25) is 9.59 Å². The lowest BCUT2D eigenvalue weighted by Gasteiger charge is -2.17. The third-order valence-corrected chi connectivity index (χ3v) is 4.73. The molecule has 5 heteroatoms. The van der Waals surface area contributed by atoms with Crippen molar-refractivity contribution < 1.29 is 9.59 Å². The first-order valence-electron chi connectivity index (χ1n) is 7.41. The largest absolute Gasteiger partial charge is 0.342 e. The number of carbonyl (C=O) groups is 2. The van der Waals surface area contributed by atoms with E-state index in [1.54, 1.807) is 24.3 Å². The highest BCUT2D eigenvalue weighted by atomic mass is 35.5. The molecule has 0 spiro atoms. The normalized spacial score (nSPS) is 24.1. The number of hydrogen-bond donors (Lipinski definition) is 1. The molecule has 2 heterocycles. The highest BCUT2D eigenvalue weighted by Crippen LogP contribution is 2.26. The summed E-state index contributed by atoms with van der Waals surface area (Å²) in [5.41, 5.74) is 0.620. The van der Waals surface area contributed by atoms with Gasteiger partial charge in [-0.1, -0.05) is 11.6 Å². The van der Waals surface area contributed by atoms with Crippen LogP contribution in [0.3, 0.4) is 0 Å². The Hall–Kier alpha value is -1.39. The van der Waals surface area contributed by atoms with Crippen LogP contribution in [0.15, 0.2) is 24.3 Å². The SMILES string of the molecule is O=C(CCC(=O)N1C[C@H]2CNC[C@H]2C1)c1ccc(Cl)cc1. The van der Waals surface area contributed by atoms with E-state index in [4.69, 9.17) is 11.6 Å². The van der Waals surface area contributed by atoms with Crippen LogP contribution in [0.2, 0.25) is 5.02 Å². The van der Waals surface area contributed by atoms with E-state index in [0.717, 1.165) is 26.2 Å². The molecule has 2 atom stereocenters. The molecule has 0 unspecified atom stereocenters. The molecular weight excluding hydrogens is 288 g/mol. The number of nitrogens with zero attached hydrogens (tertiary/aromatic N) is 1. The standard InChI is InChI=1S/C16H19ClN2O2/c17-14-3-1-11(2-4-14)15(20)5-6-16(21)19-9-12-7-18-8-13(12)10-19/h1-4,12-13,18H,5-10H2/t12-,13+. The van der Waals surface area contributed by atoms with Gasteiger partial charge in [-0.05, 0) is 36.1 Å². The molecule has 1 N–H and O–H groups in total. The summed E-state index contributed by atoms with van der Waals surface area (Å²) in [7, 11) is 0. The smallest absolute Gasteiger partial charge is 0.223 e. The minimum Gasteiger partial charge on any atom is -0.342 e. The van der Waals surface area contributed by atoms with Gasteiger partial charge in [-0.15, -0.1) is 0 Å². The molecule has 2 aliphatic heterocycles. The zero-order valence-electron chi connectivity index (χ0n) is 11.8. The summed E-state index contributed by atoms with van der Waals surface area (Å²) in [4.78, 5) is 26.2. The Balaban J connectivity index is 1.49. The summed E-state index contributed by atoms with van der Waals surface area (Å²) in [6.07, 6.45) is 0.568. The van der Waals surface area contributed by atoms with Crippen LogP contribution in [0, 0.1) is 11.8 Å². The summed E-state index contributed by atoms with van der Waals surface area (Å²) in [6, 6.07) is 6.82. The van der Waals surface area contributed by atoms with Crippen molar-refractivity contribution in [2.75, 3.05) is 26.2 Å².